The van der Waals surface area contributed by atoms with E-state index in [9.17, 15) is 4.79 Å². The van der Waals surface area contributed by atoms with Gasteiger partial charge in [0.05, 0.1) is 6.42 Å². The van der Waals surface area contributed by atoms with E-state index < -0.39 is 0 Å². The predicted octanol–water partition coefficient (Wildman–Crippen LogP) is 2.21. The van der Waals surface area contributed by atoms with Gasteiger partial charge in [-0.05, 0) is 40.6 Å². The maximum Gasteiger partial charge on any atom is 0.224 e. The molecular weight excluding hydrogens is 234 g/mol. The first-order valence-electron chi connectivity index (χ1n) is 5.92. The zero-order valence-electron chi connectivity index (χ0n) is 10.5. The molecule has 1 rings (SSSR count). The molecule has 1 heterocycles. The van der Waals surface area contributed by atoms with Gasteiger partial charge in [0, 0.05) is 13.2 Å². The lowest BCUT2D eigenvalue weighted by molar-refractivity contribution is -0.120. The smallest absolute Gasteiger partial charge is 0.224 e. The van der Waals surface area contributed by atoms with Crippen molar-refractivity contribution in [2.24, 2.45) is 5.41 Å². The van der Waals surface area contributed by atoms with E-state index in [0.717, 1.165) is 18.4 Å². The Morgan fingerprint density at radius 1 is 1.53 bits per heavy atom. The van der Waals surface area contributed by atoms with Crippen molar-refractivity contribution in [3.63, 3.8) is 0 Å². The largest absolute Gasteiger partial charge is 0.396 e. The number of carbonyl (C=O) groups is 1. The van der Waals surface area contributed by atoms with E-state index in [-0.39, 0.29) is 17.9 Å². The van der Waals surface area contributed by atoms with Crippen molar-refractivity contribution in [2.75, 3.05) is 13.2 Å². The second-order valence-corrected chi connectivity index (χ2v) is 5.86. The minimum atomic E-state index is 0.0486. The average Bonchev–Trinajstić information content (AvgIpc) is 2.77. The molecule has 0 unspecified atom stereocenters. The van der Waals surface area contributed by atoms with Crippen LogP contribution in [0.5, 0.6) is 0 Å². The predicted molar refractivity (Wildman–Crippen MR) is 71.1 cm³/mol. The molecule has 0 fully saturated rings. The Balaban J connectivity index is 2.27. The number of nitrogens with one attached hydrogen (secondary N) is 1. The molecule has 0 saturated heterocycles. The highest BCUT2D eigenvalue weighted by atomic mass is 32.1. The number of thiophene rings is 1. The molecule has 2 N–H and O–H groups in total. The molecule has 4 heteroatoms. The van der Waals surface area contributed by atoms with Crippen LogP contribution in [0.15, 0.2) is 16.8 Å². The number of amides is 1. The third-order valence-electron chi connectivity index (χ3n) is 2.72. The lowest BCUT2D eigenvalue weighted by atomic mass is 9.88. The lowest BCUT2D eigenvalue weighted by Crippen LogP contribution is -2.34. The molecule has 0 radical (unpaired) electrons. The number of hydrogen-bond acceptors (Lipinski definition) is 3. The first-order chi connectivity index (χ1) is 8.03. The lowest BCUT2D eigenvalue weighted by Gasteiger charge is -2.24. The Labute approximate surface area is 107 Å². The molecule has 1 aromatic rings. The maximum atomic E-state index is 11.7. The van der Waals surface area contributed by atoms with E-state index in [1.54, 1.807) is 11.3 Å². The van der Waals surface area contributed by atoms with E-state index in [1.165, 1.54) is 0 Å². The van der Waals surface area contributed by atoms with Gasteiger partial charge >= 0.3 is 0 Å². The Morgan fingerprint density at radius 3 is 2.88 bits per heavy atom. The van der Waals surface area contributed by atoms with Crippen LogP contribution in [0.3, 0.4) is 0 Å². The van der Waals surface area contributed by atoms with E-state index in [0.29, 0.717) is 13.0 Å². The normalized spacial score (nSPS) is 11.5. The highest BCUT2D eigenvalue weighted by Crippen LogP contribution is 2.20. The van der Waals surface area contributed by atoms with Crippen molar-refractivity contribution < 1.29 is 9.90 Å². The molecular formula is C13H21NO2S. The van der Waals surface area contributed by atoms with Crippen LogP contribution in [0, 0.1) is 5.41 Å². The van der Waals surface area contributed by atoms with E-state index >= 15 is 0 Å². The number of aliphatic hydroxyl groups excluding tert-OH is 1. The van der Waals surface area contributed by atoms with Gasteiger partial charge in [-0.3, -0.25) is 4.79 Å². The number of aliphatic hydroxyl groups is 1. The molecule has 3 nitrogen and oxygen atoms in total. The molecule has 1 amide bonds. The minimum absolute atomic E-state index is 0.0486. The van der Waals surface area contributed by atoms with Crippen LogP contribution in [0.4, 0.5) is 0 Å². The summed E-state index contributed by atoms with van der Waals surface area (Å²) in [6.45, 7) is 5.09. The highest BCUT2D eigenvalue weighted by Gasteiger charge is 2.18. The van der Waals surface area contributed by atoms with Crippen molar-refractivity contribution in [1.29, 1.82) is 0 Å². The van der Waals surface area contributed by atoms with Gasteiger partial charge in [-0.2, -0.15) is 11.3 Å². The van der Waals surface area contributed by atoms with E-state index in [4.69, 9.17) is 5.11 Å². The topological polar surface area (TPSA) is 49.3 Å². The van der Waals surface area contributed by atoms with Crippen LogP contribution in [-0.4, -0.2) is 24.2 Å². The molecule has 0 saturated carbocycles. The first-order valence-corrected chi connectivity index (χ1v) is 6.86. The van der Waals surface area contributed by atoms with Crippen LogP contribution in [0.1, 0.15) is 32.3 Å². The second-order valence-electron chi connectivity index (χ2n) is 5.08. The van der Waals surface area contributed by atoms with Crippen molar-refractivity contribution >= 4 is 17.2 Å². The standard InChI is InChI=1S/C13H21NO2S/c1-13(2,5-3-6-15)10-14-12(16)8-11-4-7-17-9-11/h4,7,9,15H,3,5-6,8,10H2,1-2H3,(H,14,16). The van der Waals surface area contributed by atoms with E-state index in [2.05, 4.69) is 19.2 Å². The van der Waals surface area contributed by atoms with Gasteiger partial charge in [-0.1, -0.05) is 13.8 Å². The summed E-state index contributed by atoms with van der Waals surface area (Å²) in [5, 5.41) is 15.7. The molecule has 17 heavy (non-hydrogen) atoms. The summed E-state index contributed by atoms with van der Waals surface area (Å²) in [5.41, 5.74) is 1.12. The summed E-state index contributed by atoms with van der Waals surface area (Å²) in [5.74, 6) is 0.0699. The molecule has 0 aliphatic rings. The van der Waals surface area contributed by atoms with Crippen LogP contribution in [0.25, 0.3) is 0 Å². The Morgan fingerprint density at radius 2 is 2.29 bits per heavy atom. The summed E-state index contributed by atoms with van der Waals surface area (Å²) in [4.78, 5) is 11.7. The summed E-state index contributed by atoms with van der Waals surface area (Å²) < 4.78 is 0. The van der Waals surface area contributed by atoms with Crippen LogP contribution < -0.4 is 5.32 Å². The SMILES string of the molecule is CC(C)(CCCO)CNC(=O)Cc1ccsc1. The summed E-state index contributed by atoms with van der Waals surface area (Å²) in [7, 11) is 0. The molecule has 0 aromatic carbocycles. The first kappa shape index (κ1) is 14.2. The van der Waals surface area contributed by atoms with Gasteiger partial charge in [0.25, 0.3) is 0 Å². The maximum absolute atomic E-state index is 11.7. The molecule has 0 spiro atoms. The molecule has 0 bridgehead atoms. The summed E-state index contributed by atoms with van der Waals surface area (Å²) in [6, 6.07) is 1.97. The number of rotatable bonds is 7. The molecule has 0 atom stereocenters. The molecule has 96 valence electrons. The zero-order valence-corrected chi connectivity index (χ0v) is 11.3. The number of carbonyl (C=O) groups excluding carboxylic acids is 1. The summed E-state index contributed by atoms with van der Waals surface area (Å²) in [6.07, 6.45) is 2.16. The summed E-state index contributed by atoms with van der Waals surface area (Å²) >= 11 is 1.61. The molecule has 1 aromatic heterocycles. The van der Waals surface area contributed by atoms with Gasteiger partial charge in [0.15, 0.2) is 0 Å². The average molecular weight is 255 g/mol. The van der Waals surface area contributed by atoms with Crippen LogP contribution in [-0.2, 0) is 11.2 Å². The van der Waals surface area contributed by atoms with Crippen LogP contribution >= 0.6 is 11.3 Å². The van der Waals surface area contributed by atoms with Gasteiger partial charge in [-0.15, -0.1) is 0 Å². The van der Waals surface area contributed by atoms with Crippen molar-refractivity contribution in [2.45, 2.75) is 33.1 Å². The van der Waals surface area contributed by atoms with Crippen molar-refractivity contribution in [3.05, 3.63) is 22.4 Å². The van der Waals surface area contributed by atoms with Gasteiger partial charge in [0.2, 0.25) is 5.91 Å². The molecule has 0 aliphatic heterocycles. The second kappa shape index (κ2) is 6.77. The zero-order chi connectivity index (χ0) is 12.7. The fraction of sp³-hybridized carbons (Fsp3) is 0.615. The Bertz CT molecular complexity index is 333. The highest BCUT2D eigenvalue weighted by molar-refractivity contribution is 7.07. The Kier molecular flexibility index (Phi) is 5.65. The van der Waals surface area contributed by atoms with Crippen LogP contribution in [0.2, 0.25) is 0 Å². The Hall–Kier alpha value is -0.870. The van der Waals surface area contributed by atoms with E-state index in [1.807, 2.05) is 16.8 Å². The third kappa shape index (κ3) is 5.84. The quantitative estimate of drug-likeness (QED) is 0.785. The van der Waals surface area contributed by atoms with Crippen molar-refractivity contribution in [1.82, 2.24) is 5.32 Å². The fourth-order valence-electron chi connectivity index (χ4n) is 1.62. The number of hydrogen-bond donors (Lipinski definition) is 2. The third-order valence-corrected chi connectivity index (χ3v) is 3.45. The van der Waals surface area contributed by atoms with Crippen molar-refractivity contribution in [3.8, 4) is 0 Å². The van der Waals surface area contributed by atoms with Gasteiger partial charge in [-0.25, -0.2) is 0 Å². The molecule has 0 aliphatic carbocycles. The minimum Gasteiger partial charge on any atom is -0.396 e. The monoisotopic (exact) mass is 255 g/mol. The van der Waals surface area contributed by atoms with Gasteiger partial charge < -0.3 is 10.4 Å². The van der Waals surface area contributed by atoms with Gasteiger partial charge in [0.1, 0.15) is 0 Å². The fourth-order valence-corrected chi connectivity index (χ4v) is 2.29.